The van der Waals surface area contributed by atoms with Crippen LogP contribution in [0.2, 0.25) is 0 Å². The second-order valence-corrected chi connectivity index (χ2v) is 17.9. The van der Waals surface area contributed by atoms with Crippen molar-refractivity contribution in [2.45, 2.75) is 181 Å². The van der Waals surface area contributed by atoms with Gasteiger partial charge in [0.15, 0.2) is 0 Å². The second kappa shape index (κ2) is 30.7. The van der Waals surface area contributed by atoms with Crippen LogP contribution in [0.1, 0.15) is 203 Å². The zero-order chi connectivity index (χ0) is 43.1. The van der Waals surface area contributed by atoms with E-state index in [0.717, 1.165) is 37.6 Å². The largest absolute Gasteiger partial charge is 0.494 e. The Morgan fingerprint density at radius 1 is 0.290 bits per heavy atom. The van der Waals surface area contributed by atoms with Gasteiger partial charge >= 0.3 is 0 Å². The fourth-order valence-electron chi connectivity index (χ4n) is 8.88. The summed E-state index contributed by atoms with van der Waals surface area (Å²) in [6.07, 6.45) is 44.6. The van der Waals surface area contributed by atoms with E-state index in [1.165, 1.54) is 198 Å². The molecule has 0 aliphatic rings. The van der Waals surface area contributed by atoms with Crippen LogP contribution in [0.4, 0.5) is 0 Å². The topological polar surface area (TPSA) is 18.5 Å². The van der Waals surface area contributed by atoms with Crippen LogP contribution >= 0.6 is 0 Å². The molecule has 334 valence electrons. The average molecular weight is 835 g/mol. The number of hydrogen-bond acceptors (Lipinski definition) is 2. The van der Waals surface area contributed by atoms with Crippen molar-refractivity contribution in [2.75, 3.05) is 13.2 Å². The normalized spacial score (nSPS) is 11.8. The molecule has 0 fully saturated rings. The molecule has 2 heteroatoms. The smallest absolute Gasteiger partial charge is 0.119 e. The molecule has 62 heavy (non-hydrogen) atoms. The van der Waals surface area contributed by atoms with E-state index >= 15 is 0 Å². The predicted octanol–water partition coefficient (Wildman–Crippen LogP) is 19.3. The van der Waals surface area contributed by atoms with Crippen LogP contribution in [-0.2, 0) is 0 Å². The van der Waals surface area contributed by atoms with Crippen molar-refractivity contribution in [1.82, 2.24) is 0 Å². The van der Waals surface area contributed by atoms with E-state index in [4.69, 9.17) is 9.47 Å². The fourth-order valence-corrected chi connectivity index (χ4v) is 8.88. The standard InChI is InChI=1S/C60H82O2/c1-3-5-7-9-11-13-15-17-19-21-23-25-31-49-61-53-43-37-51(38-44-53)41-47-59-55-33-27-29-35-57(55)60(58-36-30-28-34-56(58)59)48-42-52-39-45-54(46-40-52)62-50-32-26-24-22-20-18-16-14-12-10-8-6-4-2/h27-30,33-48H,3-26,31-32,49-50H2,1-2H3/b47-41+,48-42+. The third-order valence-corrected chi connectivity index (χ3v) is 12.7. The Morgan fingerprint density at radius 2 is 0.548 bits per heavy atom. The van der Waals surface area contributed by atoms with E-state index in [9.17, 15) is 0 Å². The Morgan fingerprint density at radius 3 is 0.823 bits per heavy atom. The lowest BCUT2D eigenvalue weighted by atomic mass is 9.91. The summed E-state index contributed by atoms with van der Waals surface area (Å²) >= 11 is 0. The average Bonchev–Trinajstić information content (AvgIpc) is 3.31. The van der Waals surface area contributed by atoms with Crippen molar-refractivity contribution in [3.8, 4) is 11.5 Å². The van der Waals surface area contributed by atoms with Gasteiger partial charge in [0.05, 0.1) is 13.2 Å². The minimum absolute atomic E-state index is 0.797. The minimum atomic E-state index is 0.797. The molecule has 0 spiro atoms. The van der Waals surface area contributed by atoms with Gasteiger partial charge in [0, 0.05) is 0 Å². The number of unbranched alkanes of at least 4 members (excludes halogenated alkanes) is 24. The summed E-state index contributed by atoms with van der Waals surface area (Å²) in [6.45, 7) is 6.18. The first-order chi connectivity index (χ1) is 30.8. The molecular formula is C60H82O2. The first-order valence-electron chi connectivity index (χ1n) is 25.5. The van der Waals surface area contributed by atoms with E-state index in [1.54, 1.807) is 0 Å². The van der Waals surface area contributed by atoms with Gasteiger partial charge < -0.3 is 9.47 Å². The lowest BCUT2D eigenvalue weighted by Crippen LogP contribution is -1.97. The Kier molecular flexibility index (Phi) is 24.1. The fraction of sp³-hybridized carbons (Fsp3) is 0.500. The summed E-state index contributed by atoms with van der Waals surface area (Å²) in [4.78, 5) is 0. The summed E-state index contributed by atoms with van der Waals surface area (Å²) in [5, 5.41) is 5.04. The SMILES string of the molecule is CCCCCCCCCCCCCCCOc1ccc(/C=C/c2c3ccccc3c(/C=C/c3ccc(OCCCCCCCCCCCCCCC)cc3)c3ccccc23)cc1. The van der Waals surface area contributed by atoms with Crippen LogP contribution < -0.4 is 9.47 Å². The summed E-state index contributed by atoms with van der Waals surface area (Å²) in [6, 6.07) is 34.8. The van der Waals surface area contributed by atoms with E-state index in [2.05, 4.69) is 135 Å². The molecule has 0 saturated heterocycles. The van der Waals surface area contributed by atoms with Crippen LogP contribution in [0.5, 0.6) is 11.5 Å². The lowest BCUT2D eigenvalue weighted by Gasteiger charge is -2.13. The summed E-state index contributed by atoms with van der Waals surface area (Å²) in [5.41, 5.74) is 4.85. The van der Waals surface area contributed by atoms with Gasteiger partial charge in [-0.2, -0.15) is 0 Å². The van der Waals surface area contributed by atoms with Gasteiger partial charge in [-0.15, -0.1) is 0 Å². The van der Waals surface area contributed by atoms with E-state index < -0.39 is 0 Å². The number of fused-ring (bicyclic) bond motifs is 2. The summed E-state index contributed by atoms with van der Waals surface area (Å²) in [5.74, 6) is 1.92. The highest BCUT2D eigenvalue weighted by Gasteiger charge is 2.11. The molecule has 5 aromatic rings. The maximum atomic E-state index is 6.13. The quantitative estimate of drug-likeness (QED) is 0.0233. The number of benzene rings is 5. The van der Waals surface area contributed by atoms with Gasteiger partial charge in [0.2, 0.25) is 0 Å². The zero-order valence-corrected chi connectivity index (χ0v) is 39.2. The monoisotopic (exact) mass is 835 g/mol. The van der Waals surface area contributed by atoms with Gasteiger partial charge in [-0.1, -0.05) is 265 Å². The van der Waals surface area contributed by atoms with Crippen molar-refractivity contribution in [2.24, 2.45) is 0 Å². The number of rotatable bonds is 34. The molecule has 0 aromatic heterocycles. The molecule has 0 atom stereocenters. The first kappa shape index (κ1) is 48.7. The van der Waals surface area contributed by atoms with Gasteiger partial charge in [-0.3, -0.25) is 0 Å². The number of hydrogen-bond donors (Lipinski definition) is 0. The second-order valence-electron chi connectivity index (χ2n) is 17.9. The zero-order valence-electron chi connectivity index (χ0n) is 39.2. The van der Waals surface area contributed by atoms with Crippen LogP contribution in [0.3, 0.4) is 0 Å². The highest BCUT2D eigenvalue weighted by atomic mass is 16.5. The third-order valence-electron chi connectivity index (χ3n) is 12.7. The molecule has 2 nitrogen and oxygen atoms in total. The van der Waals surface area contributed by atoms with Gasteiger partial charge in [-0.05, 0) is 80.9 Å². The molecule has 0 radical (unpaired) electrons. The van der Waals surface area contributed by atoms with Crippen molar-refractivity contribution in [3.05, 3.63) is 119 Å². The summed E-state index contributed by atoms with van der Waals surface area (Å²) < 4.78 is 12.3. The molecule has 0 bridgehead atoms. The maximum Gasteiger partial charge on any atom is 0.119 e. The van der Waals surface area contributed by atoms with Gasteiger partial charge in [-0.25, -0.2) is 0 Å². The number of ether oxygens (including phenoxy) is 2. The van der Waals surface area contributed by atoms with Gasteiger partial charge in [0.1, 0.15) is 11.5 Å². The van der Waals surface area contributed by atoms with Crippen LogP contribution in [-0.4, -0.2) is 13.2 Å². The van der Waals surface area contributed by atoms with Crippen molar-refractivity contribution in [1.29, 1.82) is 0 Å². The van der Waals surface area contributed by atoms with Crippen LogP contribution in [0.25, 0.3) is 45.8 Å². The molecule has 0 heterocycles. The van der Waals surface area contributed by atoms with Crippen LogP contribution in [0, 0.1) is 0 Å². The molecule has 0 amide bonds. The Bertz CT molecular complexity index is 1770. The molecule has 5 aromatic carbocycles. The van der Waals surface area contributed by atoms with Crippen LogP contribution in [0.15, 0.2) is 97.1 Å². The predicted molar refractivity (Wildman–Crippen MR) is 275 cm³/mol. The van der Waals surface area contributed by atoms with Gasteiger partial charge in [0.25, 0.3) is 0 Å². The molecule has 0 aliphatic heterocycles. The summed E-state index contributed by atoms with van der Waals surface area (Å²) in [7, 11) is 0. The van der Waals surface area contributed by atoms with Crippen molar-refractivity contribution in [3.63, 3.8) is 0 Å². The molecule has 0 aliphatic carbocycles. The Hall–Kier alpha value is -4.30. The van der Waals surface area contributed by atoms with E-state index in [0.29, 0.717) is 0 Å². The Labute approximate surface area is 378 Å². The lowest BCUT2D eigenvalue weighted by molar-refractivity contribution is 0.304. The molecule has 0 N–H and O–H groups in total. The highest BCUT2D eigenvalue weighted by molar-refractivity contribution is 6.14. The molecule has 0 unspecified atom stereocenters. The van der Waals surface area contributed by atoms with E-state index in [1.807, 2.05) is 0 Å². The molecular weight excluding hydrogens is 753 g/mol. The van der Waals surface area contributed by atoms with Crippen molar-refractivity contribution >= 4 is 45.8 Å². The first-order valence-corrected chi connectivity index (χ1v) is 25.5. The molecule has 5 rings (SSSR count). The van der Waals surface area contributed by atoms with Crippen molar-refractivity contribution < 1.29 is 9.47 Å². The Balaban J connectivity index is 1.05. The third kappa shape index (κ3) is 18.2. The van der Waals surface area contributed by atoms with E-state index in [-0.39, 0.29) is 0 Å². The highest BCUT2D eigenvalue weighted by Crippen LogP contribution is 2.35. The maximum absolute atomic E-state index is 6.13. The molecule has 0 saturated carbocycles. The minimum Gasteiger partial charge on any atom is -0.494 e.